The van der Waals surface area contributed by atoms with Gasteiger partial charge in [0.05, 0.1) is 0 Å². The normalized spacial score (nSPS) is 10.3. The fourth-order valence-electron chi connectivity index (χ4n) is 0.563. The first kappa shape index (κ1) is 8.94. The van der Waals surface area contributed by atoms with E-state index in [1.54, 1.807) is 5.43 Å². The number of carbonyl (C=O) groups is 1. The van der Waals surface area contributed by atoms with Crippen LogP contribution < -0.4 is 11.3 Å². The summed E-state index contributed by atoms with van der Waals surface area (Å²) in [5, 5.41) is 3.09. The number of nitrogens with one attached hydrogen (secondary N) is 1. The molecular formula is C4H4F2N4OS. The van der Waals surface area contributed by atoms with Crippen molar-refractivity contribution in [2.24, 2.45) is 5.84 Å². The van der Waals surface area contributed by atoms with Crippen molar-refractivity contribution in [2.75, 3.05) is 0 Å². The van der Waals surface area contributed by atoms with Crippen LogP contribution in [0, 0.1) is 0 Å². The fraction of sp³-hybridized carbons (Fsp3) is 0.250. The van der Waals surface area contributed by atoms with E-state index in [2.05, 4.69) is 9.59 Å². The van der Waals surface area contributed by atoms with Crippen molar-refractivity contribution < 1.29 is 13.6 Å². The lowest BCUT2D eigenvalue weighted by molar-refractivity contribution is 0.0943. The van der Waals surface area contributed by atoms with Gasteiger partial charge in [-0.1, -0.05) is 4.49 Å². The van der Waals surface area contributed by atoms with Crippen molar-refractivity contribution in [3.8, 4) is 0 Å². The van der Waals surface area contributed by atoms with Crippen LogP contribution in [0.4, 0.5) is 8.78 Å². The van der Waals surface area contributed by atoms with Gasteiger partial charge in [0, 0.05) is 0 Å². The van der Waals surface area contributed by atoms with Crippen LogP contribution in [-0.4, -0.2) is 15.5 Å². The summed E-state index contributed by atoms with van der Waals surface area (Å²) in [6, 6.07) is 0. The molecule has 8 heteroatoms. The van der Waals surface area contributed by atoms with E-state index in [-0.39, 0.29) is 4.88 Å². The maximum atomic E-state index is 12.0. The van der Waals surface area contributed by atoms with Crippen molar-refractivity contribution in [3.05, 3.63) is 10.6 Å². The summed E-state index contributed by atoms with van der Waals surface area (Å²) in [6.07, 6.45) is -2.81. The minimum absolute atomic E-state index is 0.257. The fourth-order valence-corrected chi connectivity index (χ4v) is 1.14. The lowest BCUT2D eigenvalue weighted by Crippen LogP contribution is -2.30. The number of hydrogen-bond acceptors (Lipinski definition) is 5. The molecular weight excluding hydrogens is 190 g/mol. The van der Waals surface area contributed by atoms with Gasteiger partial charge in [-0.3, -0.25) is 10.2 Å². The van der Waals surface area contributed by atoms with Gasteiger partial charge in [-0.25, -0.2) is 14.6 Å². The number of hydrogen-bond donors (Lipinski definition) is 2. The first-order valence-corrected chi connectivity index (χ1v) is 3.55. The summed E-state index contributed by atoms with van der Waals surface area (Å²) in [4.78, 5) is 10.5. The van der Waals surface area contributed by atoms with Crippen LogP contribution in [0.1, 0.15) is 21.8 Å². The minimum Gasteiger partial charge on any atom is -0.289 e. The molecule has 1 amide bonds. The van der Waals surface area contributed by atoms with Gasteiger partial charge in [-0.05, 0) is 11.5 Å². The van der Waals surface area contributed by atoms with Crippen molar-refractivity contribution in [1.82, 2.24) is 15.0 Å². The molecule has 66 valence electrons. The highest BCUT2D eigenvalue weighted by Gasteiger charge is 2.22. The average molecular weight is 194 g/mol. The Morgan fingerprint density at radius 2 is 2.33 bits per heavy atom. The second-order valence-electron chi connectivity index (χ2n) is 1.76. The number of nitrogen functional groups attached to an aromatic ring is 1. The van der Waals surface area contributed by atoms with E-state index in [0.717, 1.165) is 0 Å². The van der Waals surface area contributed by atoms with Crippen molar-refractivity contribution in [3.63, 3.8) is 0 Å². The van der Waals surface area contributed by atoms with Crippen molar-refractivity contribution in [2.45, 2.75) is 6.43 Å². The van der Waals surface area contributed by atoms with Gasteiger partial charge in [-0.15, -0.1) is 5.10 Å². The van der Waals surface area contributed by atoms with Crippen LogP contribution in [0.25, 0.3) is 0 Å². The molecule has 5 nitrogen and oxygen atoms in total. The third-order valence-corrected chi connectivity index (χ3v) is 1.80. The molecule has 0 fully saturated rings. The molecule has 0 radical (unpaired) electrons. The topological polar surface area (TPSA) is 80.9 Å². The number of rotatable bonds is 2. The van der Waals surface area contributed by atoms with Crippen LogP contribution in [0.2, 0.25) is 0 Å². The largest absolute Gasteiger partial charge is 0.289 e. The Bertz CT molecular complexity index is 288. The van der Waals surface area contributed by atoms with Gasteiger partial charge in [0.1, 0.15) is 4.88 Å². The van der Waals surface area contributed by atoms with Crippen LogP contribution in [0.15, 0.2) is 0 Å². The molecule has 1 rings (SSSR count). The van der Waals surface area contributed by atoms with E-state index in [1.165, 1.54) is 0 Å². The van der Waals surface area contributed by atoms with Crippen LogP contribution in [-0.2, 0) is 0 Å². The molecule has 0 aliphatic heterocycles. The Kier molecular flexibility index (Phi) is 2.61. The molecule has 0 unspecified atom stereocenters. The number of nitrogens with two attached hydrogens (primary N) is 1. The van der Waals surface area contributed by atoms with Gasteiger partial charge in [-0.2, -0.15) is 0 Å². The maximum absolute atomic E-state index is 12.0. The van der Waals surface area contributed by atoms with Gasteiger partial charge < -0.3 is 0 Å². The number of hydrazine groups is 1. The lowest BCUT2D eigenvalue weighted by atomic mass is 10.3. The summed E-state index contributed by atoms with van der Waals surface area (Å²) in [7, 11) is 0. The summed E-state index contributed by atoms with van der Waals surface area (Å²) >= 11 is 0.577. The Morgan fingerprint density at radius 3 is 2.83 bits per heavy atom. The number of nitrogens with zero attached hydrogens (tertiary/aromatic N) is 2. The molecule has 0 saturated carbocycles. The number of amides is 1. The Hall–Kier alpha value is -1.15. The molecule has 0 bridgehead atoms. The van der Waals surface area contributed by atoms with Crippen LogP contribution in [0.3, 0.4) is 0 Å². The third-order valence-electron chi connectivity index (χ3n) is 1.06. The van der Waals surface area contributed by atoms with E-state index >= 15 is 0 Å². The van der Waals surface area contributed by atoms with Crippen LogP contribution >= 0.6 is 11.5 Å². The zero-order valence-corrected chi connectivity index (χ0v) is 6.44. The quantitative estimate of drug-likeness (QED) is 0.397. The molecule has 0 spiro atoms. The predicted octanol–water partition coefficient (Wildman–Crippen LogP) is 0.0792. The SMILES string of the molecule is NNC(=O)c1snnc1C(F)F. The summed E-state index contributed by atoms with van der Waals surface area (Å²) < 4.78 is 27.3. The maximum Gasteiger partial charge on any atom is 0.283 e. The molecule has 0 saturated heterocycles. The highest BCUT2D eigenvalue weighted by molar-refractivity contribution is 7.08. The van der Waals surface area contributed by atoms with E-state index in [4.69, 9.17) is 5.84 Å². The predicted molar refractivity (Wildman–Crippen MR) is 36.5 cm³/mol. The standard InChI is InChI=1S/C4H4F2N4OS/c5-3(6)1-2(4(11)8-7)12-10-9-1/h3H,7H2,(H,8,11). The van der Waals surface area contributed by atoms with Gasteiger partial charge in [0.25, 0.3) is 12.3 Å². The van der Waals surface area contributed by atoms with Crippen molar-refractivity contribution >= 4 is 17.4 Å². The van der Waals surface area contributed by atoms with Gasteiger partial charge in [0.2, 0.25) is 0 Å². The Balaban J connectivity index is 2.99. The van der Waals surface area contributed by atoms with Crippen LogP contribution in [0.5, 0.6) is 0 Å². The average Bonchev–Trinajstić information content (AvgIpc) is 2.50. The number of aromatic nitrogens is 2. The minimum atomic E-state index is -2.81. The first-order valence-electron chi connectivity index (χ1n) is 2.78. The summed E-state index contributed by atoms with van der Waals surface area (Å²) in [6.45, 7) is 0. The molecule has 1 heterocycles. The number of carbonyl (C=O) groups excluding carboxylic acids is 1. The Morgan fingerprint density at radius 1 is 1.67 bits per heavy atom. The lowest BCUT2D eigenvalue weighted by Gasteiger charge is -1.96. The van der Waals surface area contributed by atoms with E-state index in [1.807, 2.05) is 0 Å². The van der Waals surface area contributed by atoms with Crippen molar-refractivity contribution in [1.29, 1.82) is 0 Å². The second kappa shape index (κ2) is 3.50. The zero-order chi connectivity index (χ0) is 9.14. The summed E-state index contributed by atoms with van der Waals surface area (Å²) in [5.41, 5.74) is 1.08. The van der Waals surface area contributed by atoms with Gasteiger partial charge in [0.15, 0.2) is 5.69 Å². The highest BCUT2D eigenvalue weighted by atomic mass is 32.1. The zero-order valence-electron chi connectivity index (χ0n) is 5.62. The number of alkyl halides is 2. The van der Waals surface area contributed by atoms with E-state index in [9.17, 15) is 13.6 Å². The molecule has 1 aromatic heterocycles. The third kappa shape index (κ3) is 1.53. The molecule has 0 aliphatic rings. The summed E-state index contributed by atoms with van der Waals surface area (Å²) in [5.74, 6) is 3.93. The molecule has 12 heavy (non-hydrogen) atoms. The molecule has 0 aliphatic carbocycles. The van der Waals surface area contributed by atoms with E-state index in [0.29, 0.717) is 11.5 Å². The molecule has 1 aromatic rings. The van der Waals surface area contributed by atoms with Gasteiger partial charge >= 0.3 is 0 Å². The van der Waals surface area contributed by atoms with E-state index < -0.39 is 18.0 Å². The smallest absolute Gasteiger partial charge is 0.283 e. The molecule has 3 N–H and O–H groups in total. The monoisotopic (exact) mass is 194 g/mol. The molecule has 0 atom stereocenters. The second-order valence-corrected chi connectivity index (χ2v) is 2.52. The molecule has 0 aromatic carbocycles. The number of halogens is 2. The Labute approximate surface area is 69.7 Å². The highest BCUT2D eigenvalue weighted by Crippen LogP contribution is 2.22. The first-order chi connectivity index (χ1) is 5.66.